The summed E-state index contributed by atoms with van der Waals surface area (Å²) in [7, 11) is 0. The Morgan fingerprint density at radius 3 is 2.74 bits per heavy atom. The van der Waals surface area contributed by atoms with Gasteiger partial charge in [-0.2, -0.15) is 0 Å². The van der Waals surface area contributed by atoms with E-state index in [4.69, 9.17) is 5.73 Å². The fraction of sp³-hybridized carbons (Fsp3) is 0.571. The van der Waals surface area contributed by atoms with Crippen LogP contribution in [-0.4, -0.2) is 16.9 Å². The molecule has 0 aliphatic heterocycles. The standard InChI is InChI=1S/C14H16BrN3O/c15-8-4-9(13(16)17-5-8)14(19)18-12-10-6-1-2-7(3-6)11(10)12/h4-7,10-12H,1-3H2,(H2,16,17)(H,18,19). The highest BCUT2D eigenvalue weighted by molar-refractivity contribution is 9.10. The molecule has 3 saturated carbocycles. The summed E-state index contributed by atoms with van der Waals surface area (Å²) < 4.78 is 0.780. The zero-order chi connectivity index (χ0) is 13.1. The zero-order valence-electron chi connectivity index (χ0n) is 10.5. The van der Waals surface area contributed by atoms with Gasteiger partial charge < -0.3 is 11.1 Å². The lowest BCUT2D eigenvalue weighted by atomic mass is 10.0. The van der Waals surface area contributed by atoms with Crippen molar-refractivity contribution >= 4 is 27.7 Å². The number of amides is 1. The Morgan fingerprint density at radius 1 is 1.37 bits per heavy atom. The van der Waals surface area contributed by atoms with E-state index in [1.54, 1.807) is 12.3 Å². The molecule has 4 rings (SSSR count). The number of fused-ring (bicyclic) bond motifs is 5. The van der Waals surface area contributed by atoms with Crippen LogP contribution in [0.4, 0.5) is 5.82 Å². The summed E-state index contributed by atoms with van der Waals surface area (Å²) in [6, 6.07) is 2.13. The highest BCUT2D eigenvalue weighted by Crippen LogP contribution is 2.65. The first kappa shape index (κ1) is 11.7. The van der Waals surface area contributed by atoms with Gasteiger partial charge in [0.25, 0.3) is 5.91 Å². The molecule has 3 aliphatic carbocycles. The smallest absolute Gasteiger partial charge is 0.255 e. The molecule has 0 radical (unpaired) electrons. The van der Waals surface area contributed by atoms with E-state index in [0.717, 1.165) is 28.1 Å². The third kappa shape index (κ3) is 1.71. The normalized spacial score (nSPS) is 38.1. The fourth-order valence-electron chi connectivity index (χ4n) is 4.38. The average molecular weight is 322 g/mol. The molecule has 3 N–H and O–H groups in total. The first-order chi connectivity index (χ1) is 9.15. The van der Waals surface area contributed by atoms with Gasteiger partial charge >= 0.3 is 0 Å². The highest BCUT2D eigenvalue weighted by Gasteiger charge is 2.65. The van der Waals surface area contributed by atoms with Crippen LogP contribution >= 0.6 is 15.9 Å². The van der Waals surface area contributed by atoms with Gasteiger partial charge in [-0.3, -0.25) is 4.79 Å². The van der Waals surface area contributed by atoms with Crippen LogP contribution in [0.25, 0.3) is 0 Å². The minimum absolute atomic E-state index is 0.0786. The van der Waals surface area contributed by atoms with E-state index in [2.05, 4.69) is 26.2 Å². The Hall–Kier alpha value is -1.10. The number of nitrogen functional groups attached to an aromatic ring is 1. The average Bonchev–Trinajstić information content (AvgIpc) is 2.80. The highest BCUT2D eigenvalue weighted by atomic mass is 79.9. The molecule has 5 heteroatoms. The fourth-order valence-corrected chi connectivity index (χ4v) is 4.71. The van der Waals surface area contributed by atoms with Gasteiger partial charge in [0.15, 0.2) is 0 Å². The van der Waals surface area contributed by atoms with E-state index in [1.807, 2.05) is 0 Å². The second kappa shape index (κ2) is 3.95. The molecule has 1 amide bonds. The van der Waals surface area contributed by atoms with Crippen LogP contribution in [-0.2, 0) is 0 Å². The molecule has 3 aliphatic rings. The van der Waals surface area contributed by atoms with Crippen LogP contribution in [0, 0.1) is 23.7 Å². The van der Waals surface area contributed by atoms with Gasteiger partial charge in [0, 0.05) is 16.7 Å². The molecule has 4 atom stereocenters. The number of nitrogens with two attached hydrogens (primary N) is 1. The van der Waals surface area contributed by atoms with E-state index in [-0.39, 0.29) is 5.91 Å². The van der Waals surface area contributed by atoms with Crippen molar-refractivity contribution in [3.8, 4) is 0 Å². The van der Waals surface area contributed by atoms with Crippen molar-refractivity contribution in [1.82, 2.24) is 10.3 Å². The van der Waals surface area contributed by atoms with Gasteiger partial charge in [-0.15, -0.1) is 0 Å². The van der Waals surface area contributed by atoms with Crippen LogP contribution < -0.4 is 11.1 Å². The first-order valence-corrected chi connectivity index (χ1v) is 7.66. The molecule has 3 fully saturated rings. The monoisotopic (exact) mass is 321 g/mol. The van der Waals surface area contributed by atoms with Crippen LogP contribution in [0.5, 0.6) is 0 Å². The van der Waals surface area contributed by atoms with Crippen molar-refractivity contribution in [2.24, 2.45) is 23.7 Å². The lowest BCUT2D eigenvalue weighted by molar-refractivity contribution is 0.0945. The molecule has 1 heterocycles. The van der Waals surface area contributed by atoms with E-state index in [0.29, 0.717) is 17.4 Å². The number of carbonyl (C=O) groups excluding carboxylic acids is 1. The van der Waals surface area contributed by atoms with Crippen LogP contribution in [0.1, 0.15) is 29.6 Å². The first-order valence-electron chi connectivity index (χ1n) is 6.87. The summed E-state index contributed by atoms with van der Waals surface area (Å²) in [6.07, 6.45) is 5.72. The van der Waals surface area contributed by atoms with E-state index >= 15 is 0 Å². The van der Waals surface area contributed by atoms with Gasteiger partial charge in [-0.1, -0.05) is 0 Å². The molecule has 19 heavy (non-hydrogen) atoms. The minimum Gasteiger partial charge on any atom is -0.383 e. The topological polar surface area (TPSA) is 68.0 Å². The van der Waals surface area contributed by atoms with Crippen molar-refractivity contribution in [3.63, 3.8) is 0 Å². The maximum Gasteiger partial charge on any atom is 0.255 e. The van der Waals surface area contributed by atoms with E-state index in [1.165, 1.54) is 19.3 Å². The molecule has 1 aromatic rings. The maximum atomic E-state index is 12.3. The molecular weight excluding hydrogens is 306 g/mol. The Balaban J connectivity index is 1.50. The zero-order valence-corrected chi connectivity index (χ0v) is 12.1. The number of nitrogens with one attached hydrogen (secondary N) is 1. The van der Waals surface area contributed by atoms with Crippen LogP contribution in [0.2, 0.25) is 0 Å². The molecule has 4 nitrogen and oxygen atoms in total. The number of pyridine rings is 1. The Labute approximate surface area is 120 Å². The van der Waals surface area contributed by atoms with Crippen LogP contribution in [0.15, 0.2) is 16.7 Å². The van der Waals surface area contributed by atoms with Crippen molar-refractivity contribution in [3.05, 3.63) is 22.3 Å². The molecular formula is C14H16BrN3O. The maximum absolute atomic E-state index is 12.3. The summed E-state index contributed by atoms with van der Waals surface area (Å²) in [6.45, 7) is 0. The number of rotatable bonds is 2. The number of halogens is 1. The van der Waals surface area contributed by atoms with Gasteiger partial charge in [-0.05, 0) is 64.9 Å². The minimum atomic E-state index is -0.0786. The van der Waals surface area contributed by atoms with Crippen LogP contribution in [0.3, 0.4) is 0 Å². The lowest BCUT2D eigenvalue weighted by Crippen LogP contribution is -2.30. The number of nitrogens with zero attached hydrogens (tertiary/aromatic N) is 1. The van der Waals surface area contributed by atoms with E-state index in [9.17, 15) is 4.79 Å². The van der Waals surface area contributed by atoms with Crippen molar-refractivity contribution in [2.75, 3.05) is 5.73 Å². The second-order valence-corrected chi connectivity index (χ2v) is 6.99. The number of aromatic nitrogens is 1. The predicted octanol–water partition coefficient (Wildman–Crippen LogP) is 2.20. The molecule has 0 aromatic carbocycles. The summed E-state index contributed by atoms with van der Waals surface area (Å²) in [5.41, 5.74) is 6.25. The SMILES string of the molecule is Nc1ncc(Br)cc1C(=O)NC1C2C3CCC(C3)C12. The summed E-state index contributed by atoms with van der Waals surface area (Å²) in [5, 5.41) is 3.16. The number of hydrogen-bond acceptors (Lipinski definition) is 3. The molecule has 0 saturated heterocycles. The van der Waals surface area contributed by atoms with E-state index < -0.39 is 0 Å². The van der Waals surface area contributed by atoms with Gasteiger partial charge in [-0.25, -0.2) is 4.98 Å². The third-order valence-corrected chi connectivity index (χ3v) is 5.60. The Kier molecular flexibility index (Phi) is 2.43. The Bertz CT molecular complexity index is 546. The number of anilines is 1. The Morgan fingerprint density at radius 2 is 2.05 bits per heavy atom. The largest absolute Gasteiger partial charge is 0.383 e. The van der Waals surface area contributed by atoms with Gasteiger partial charge in [0.05, 0.1) is 5.56 Å². The third-order valence-electron chi connectivity index (χ3n) is 5.16. The molecule has 1 aromatic heterocycles. The van der Waals surface area contributed by atoms with Crippen molar-refractivity contribution < 1.29 is 4.79 Å². The number of hydrogen-bond donors (Lipinski definition) is 2. The quantitative estimate of drug-likeness (QED) is 0.877. The lowest BCUT2D eigenvalue weighted by Gasteiger charge is -2.11. The summed E-state index contributed by atoms with van der Waals surface area (Å²) in [4.78, 5) is 16.3. The molecule has 2 bridgehead atoms. The molecule has 100 valence electrons. The number of carbonyl (C=O) groups is 1. The predicted molar refractivity (Wildman–Crippen MR) is 75.4 cm³/mol. The van der Waals surface area contributed by atoms with Gasteiger partial charge in [0.2, 0.25) is 0 Å². The van der Waals surface area contributed by atoms with Crippen molar-refractivity contribution in [2.45, 2.75) is 25.3 Å². The second-order valence-electron chi connectivity index (χ2n) is 6.07. The molecule has 0 spiro atoms. The summed E-state index contributed by atoms with van der Waals surface area (Å²) in [5.74, 6) is 3.42. The summed E-state index contributed by atoms with van der Waals surface area (Å²) >= 11 is 3.33. The van der Waals surface area contributed by atoms with Crippen molar-refractivity contribution in [1.29, 1.82) is 0 Å². The molecule has 4 unspecified atom stereocenters. The van der Waals surface area contributed by atoms with Gasteiger partial charge in [0.1, 0.15) is 5.82 Å².